The van der Waals surface area contributed by atoms with E-state index >= 15 is 0 Å². The van der Waals surface area contributed by atoms with E-state index in [0.717, 1.165) is 21.1 Å². The highest BCUT2D eigenvalue weighted by Crippen LogP contribution is 2.68. The molecular weight excluding hydrogens is 518 g/mol. The Morgan fingerprint density at radius 2 is 1.92 bits per heavy atom. The molecule has 0 unspecified atom stereocenters. The summed E-state index contributed by atoms with van der Waals surface area (Å²) < 4.78 is 0. The molecule has 10 nitrogen and oxygen atoms in total. The summed E-state index contributed by atoms with van der Waals surface area (Å²) in [7, 11) is 0. The summed E-state index contributed by atoms with van der Waals surface area (Å²) in [6, 6.07) is 5.22. The number of carboxylic acid groups (broad SMARTS) is 1. The zero-order chi connectivity index (χ0) is 26.3. The number of likely N-dealkylation sites (tertiary alicyclic amines) is 1. The SMILES string of the molecule is CC(C)C[C@H](C(=O)O)N1C(=O)[C@@H]2[C@@H]3C[C@H]([C@H]4Sc5[nH]c(=O)sc5[C@@H](c5cccc([N+](=O)[O-])c5)[C@H]34)[C@@H]2C1=O. The standard InChI is InChI=1S/C25H25N3O7S2/c1-9(2)6-14(24(31)32)27-22(29)17-12-8-13(18(17)23(27)30)19-16(12)15(20-21(36-19)26-25(33)37-20)10-4-3-5-11(7-10)28(34)35/h3-5,7,9,12-19H,6,8H2,1-2H3,(H,26,33)(H,31,32)/t12-,13+,14-,15+,16+,17-,18+,19-/m1/s1. The van der Waals surface area contributed by atoms with Crippen LogP contribution in [0, 0.1) is 45.6 Å². The second kappa shape index (κ2) is 8.52. The van der Waals surface area contributed by atoms with Gasteiger partial charge in [0.25, 0.3) is 5.69 Å². The van der Waals surface area contributed by atoms with Crippen LogP contribution in [0.5, 0.6) is 0 Å². The molecule has 2 aliphatic heterocycles. The summed E-state index contributed by atoms with van der Waals surface area (Å²) in [5, 5.41) is 22.0. The maximum atomic E-state index is 13.7. The lowest BCUT2D eigenvalue weighted by Crippen LogP contribution is -2.47. The van der Waals surface area contributed by atoms with Crippen LogP contribution in [0.25, 0.3) is 0 Å². The fourth-order valence-corrected chi connectivity index (χ4v) is 10.2. The second-order valence-corrected chi connectivity index (χ2v) is 13.0. The number of fused-ring (bicyclic) bond motifs is 9. The first kappa shape index (κ1) is 24.4. The zero-order valence-electron chi connectivity index (χ0n) is 20.0. The Labute approximate surface area is 219 Å². The average molecular weight is 544 g/mol. The van der Waals surface area contributed by atoms with E-state index in [2.05, 4.69) is 4.98 Å². The van der Waals surface area contributed by atoms with Crippen LogP contribution >= 0.6 is 23.1 Å². The highest BCUT2D eigenvalue weighted by atomic mass is 32.2. The lowest BCUT2D eigenvalue weighted by atomic mass is 9.68. The molecule has 6 rings (SSSR count). The van der Waals surface area contributed by atoms with Crippen LogP contribution in [0.1, 0.15) is 43.0 Å². The van der Waals surface area contributed by atoms with E-state index in [1.807, 2.05) is 19.9 Å². The minimum absolute atomic E-state index is 0.0111. The van der Waals surface area contributed by atoms with Crippen molar-refractivity contribution < 1.29 is 24.4 Å². The lowest BCUT2D eigenvalue weighted by molar-refractivity contribution is -0.384. The van der Waals surface area contributed by atoms with Crippen molar-refractivity contribution in [1.29, 1.82) is 0 Å². The molecule has 2 bridgehead atoms. The normalized spacial score (nSPS) is 32.4. The van der Waals surface area contributed by atoms with E-state index in [4.69, 9.17) is 0 Å². The minimum Gasteiger partial charge on any atom is -0.480 e. The number of thioether (sulfide) groups is 1. The smallest absolute Gasteiger partial charge is 0.326 e. The van der Waals surface area contributed by atoms with Crippen LogP contribution in [0.3, 0.4) is 0 Å². The summed E-state index contributed by atoms with van der Waals surface area (Å²) in [6.07, 6.45) is 0.855. The first-order chi connectivity index (χ1) is 17.6. The van der Waals surface area contributed by atoms with Gasteiger partial charge in [-0.25, -0.2) is 4.79 Å². The molecule has 4 aliphatic rings. The van der Waals surface area contributed by atoms with Crippen molar-refractivity contribution in [1.82, 2.24) is 9.88 Å². The van der Waals surface area contributed by atoms with E-state index in [-0.39, 0.29) is 51.8 Å². The number of rotatable bonds is 6. The molecule has 12 heteroatoms. The Morgan fingerprint density at radius 1 is 1.22 bits per heavy atom. The number of H-pyrrole nitrogens is 1. The van der Waals surface area contributed by atoms with Gasteiger partial charge in [-0.15, -0.1) is 11.8 Å². The number of carboxylic acids is 1. The molecule has 2 aromatic rings. The minimum atomic E-state index is -1.19. The number of aromatic amines is 1. The number of hydrogen-bond acceptors (Lipinski definition) is 8. The van der Waals surface area contributed by atoms with Crippen LogP contribution in [-0.2, 0) is 14.4 Å². The number of benzene rings is 1. The van der Waals surface area contributed by atoms with Gasteiger partial charge >= 0.3 is 10.8 Å². The van der Waals surface area contributed by atoms with Crippen molar-refractivity contribution in [2.24, 2.45) is 35.5 Å². The van der Waals surface area contributed by atoms with Gasteiger partial charge in [0.2, 0.25) is 11.8 Å². The summed E-state index contributed by atoms with van der Waals surface area (Å²) in [5.41, 5.74) is 0.663. The van der Waals surface area contributed by atoms with Crippen molar-refractivity contribution in [2.75, 3.05) is 0 Å². The Morgan fingerprint density at radius 3 is 2.57 bits per heavy atom. The zero-order valence-corrected chi connectivity index (χ0v) is 21.7. The topological polar surface area (TPSA) is 151 Å². The number of nitro groups is 1. The van der Waals surface area contributed by atoms with Crippen molar-refractivity contribution in [3.63, 3.8) is 0 Å². The number of aliphatic carboxylic acids is 1. The van der Waals surface area contributed by atoms with E-state index in [0.29, 0.717) is 17.0 Å². The summed E-state index contributed by atoms with van der Waals surface area (Å²) in [6.45, 7) is 3.72. The van der Waals surface area contributed by atoms with Gasteiger partial charge in [0.15, 0.2) is 0 Å². The summed E-state index contributed by atoms with van der Waals surface area (Å²) in [5.74, 6) is -3.94. The predicted octanol–water partition coefficient (Wildman–Crippen LogP) is 3.32. The predicted molar refractivity (Wildman–Crippen MR) is 134 cm³/mol. The van der Waals surface area contributed by atoms with Gasteiger partial charge < -0.3 is 10.1 Å². The number of non-ortho nitro benzene ring substituents is 1. The number of thiazole rings is 1. The Kier molecular flexibility index (Phi) is 5.61. The molecule has 0 spiro atoms. The number of carbonyl (C=O) groups is 3. The number of imide groups is 1. The van der Waals surface area contributed by atoms with Crippen LogP contribution in [0.4, 0.5) is 5.69 Å². The molecule has 3 heterocycles. The molecule has 1 saturated heterocycles. The van der Waals surface area contributed by atoms with Crippen LogP contribution in [0.2, 0.25) is 0 Å². The molecule has 194 valence electrons. The van der Waals surface area contributed by atoms with Crippen LogP contribution in [0.15, 0.2) is 34.1 Å². The average Bonchev–Trinajstić information content (AvgIpc) is 3.56. The molecule has 0 radical (unpaired) electrons. The number of hydrogen-bond donors (Lipinski definition) is 2. The number of nitrogens with zero attached hydrogens (tertiary/aromatic N) is 2. The molecule has 8 atom stereocenters. The van der Waals surface area contributed by atoms with Gasteiger partial charge in [0.1, 0.15) is 6.04 Å². The maximum Gasteiger partial charge on any atom is 0.326 e. The Balaban J connectivity index is 1.43. The number of carbonyl (C=O) groups excluding carboxylic acids is 2. The van der Waals surface area contributed by atoms with E-state index in [9.17, 15) is 34.4 Å². The van der Waals surface area contributed by atoms with Crippen molar-refractivity contribution in [2.45, 2.75) is 48.9 Å². The first-order valence-corrected chi connectivity index (χ1v) is 14.0. The molecule has 2 saturated carbocycles. The third-order valence-electron chi connectivity index (χ3n) is 8.49. The first-order valence-electron chi connectivity index (χ1n) is 12.3. The van der Waals surface area contributed by atoms with E-state index < -0.39 is 40.6 Å². The van der Waals surface area contributed by atoms with Gasteiger partial charge in [-0.05, 0) is 42.1 Å². The monoisotopic (exact) mass is 543 g/mol. The Bertz CT molecular complexity index is 1400. The maximum absolute atomic E-state index is 13.7. The molecule has 2 aliphatic carbocycles. The fourth-order valence-electron chi connectivity index (χ4n) is 7.32. The number of aromatic nitrogens is 1. The summed E-state index contributed by atoms with van der Waals surface area (Å²) in [4.78, 5) is 67.3. The highest BCUT2D eigenvalue weighted by molar-refractivity contribution is 8.00. The fraction of sp³-hybridized carbons (Fsp3) is 0.520. The molecule has 3 fully saturated rings. The van der Waals surface area contributed by atoms with Crippen LogP contribution in [-0.4, -0.2) is 49.0 Å². The molecule has 1 aromatic carbocycles. The van der Waals surface area contributed by atoms with Crippen molar-refractivity contribution >= 4 is 46.6 Å². The third kappa shape index (κ3) is 3.52. The molecular formula is C25H25N3O7S2. The molecule has 2 N–H and O–H groups in total. The molecule has 1 aromatic heterocycles. The van der Waals surface area contributed by atoms with Gasteiger partial charge in [-0.2, -0.15) is 0 Å². The second-order valence-electron chi connectivity index (χ2n) is 10.8. The quantitative estimate of drug-likeness (QED) is 0.320. The number of amides is 2. The number of nitrogens with one attached hydrogen (secondary N) is 1. The van der Waals surface area contributed by atoms with Gasteiger partial charge in [0, 0.05) is 28.2 Å². The van der Waals surface area contributed by atoms with Crippen LogP contribution < -0.4 is 4.87 Å². The van der Waals surface area contributed by atoms with E-state index in [1.54, 1.807) is 6.07 Å². The van der Waals surface area contributed by atoms with Crippen molar-refractivity contribution in [3.05, 3.63) is 54.5 Å². The molecule has 37 heavy (non-hydrogen) atoms. The van der Waals surface area contributed by atoms with Gasteiger partial charge in [-0.1, -0.05) is 37.3 Å². The molecule has 2 amide bonds. The van der Waals surface area contributed by atoms with Gasteiger partial charge in [0.05, 0.1) is 21.8 Å². The van der Waals surface area contributed by atoms with Crippen molar-refractivity contribution in [3.8, 4) is 0 Å². The van der Waals surface area contributed by atoms with Gasteiger partial charge in [-0.3, -0.25) is 29.4 Å². The Hall–Kier alpha value is -2.99. The third-order valence-corrected chi connectivity index (χ3v) is 11.1. The largest absolute Gasteiger partial charge is 0.480 e. The van der Waals surface area contributed by atoms with E-state index in [1.165, 1.54) is 23.9 Å². The lowest BCUT2D eigenvalue weighted by Gasteiger charge is -2.43. The summed E-state index contributed by atoms with van der Waals surface area (Å²) >= 11 is 2.61. The highest BCUT2D eigenvalue weighted by Gasteiger charge is 2.70. The number of nitro benzene ring substituents is 1.